The van der Waals surface area contributed by atoms with E-state index in [0.717, 1.165) is 8.95 Å². The van der Waals surface area contributed by atoms with Crippen molar-refractivity contribution in [2.45, 2.75) is 20.0 Å². The first kappa shape index (κ1) is 25.8. The van der Waals surface area contributed by atoms with E-state index in [2.05, 4.69) is 56.3 Å². The lowest BCUT2D eigenvalue weighted by molar-refractivity contribution is 0.0883. The van der Waals surface area contributed by atoms with Crippen molar-refractivity contribution in [3.05, 3.63) is 92.4 Å². The van der Waals surface area contributed by atoms with Crippen molar-refractivity contribution in [3.8, 4) is 11.5 Å². The maximum Gasteiger partial charge on any atom is 0.253 e. The van der Waals surface area contributed by atoms with E-state index in [1.165, 1.54) is 0 Å². The average Bonchev–Trinajstić information content (AvgIpc) is 2.82. The molecule has 0 bridgehead atoms. The number of hydrogen-bond acceptors (Lipinski definition) is 4. The summed E-state index contributed by atoms with van der Waals surface area (Å²) in [5.74, 6) is 0.790. The molecular formula is C26H26Br2N2O4. The molecule has 8 heteroatoms. The second-order valence-electron chi connectivity index (χ2n) is 8.02. The molecule has 0 saturated carbocycles. The fraction of sp³-hybridized carbons (Fsp3) is 0.231. The summed E-state index contributed by atoms with van der Waals surface area (Å²) in [6.07, 6.45) is -0.814. The summed E-state index contributed by atoms with van der Waals surface area (Å²) in [5.41, 5.74) is 1.56. The molecule has 0 radical (unpaired) electrons. The summed E-state index contributed by atoms with van der Waals surface area (Å²) in [4.78, 5) is 26.0. The molecule has 0 heterocycles. The van der Waals surface area contributed by atoms with Crippen LogP contribution in [0.15, 0.2) is 75.7 Å². The van der Waals surface area contributed by atoms with Gasteiger partial charge in [0.25, 0.3) is 11.8 Å². The van der Waals surface area contributed by atoms with E-state index in [9.17, 15) is 9.59 Å². The predicted molar refractivity (Wildman–Crippen MR) is 139 cm³/mol. The van der Waals surface area contributed by atoms with Crippen LogP contribution in [0.1, 0.15) is 46.3 Å². The maximum absolute atomic E-state index is 13.0. The zero-order valence-electron chi connectivity index (χ0n) is 19.1. The van der Waals surface area contributed by atoms with Crippen LogP contribution in [0.2, 0.25) is 0 Å². The zero-order chi connectivity index (χ0) is 24.7. The van der Waals surface area contributed by atoms with Gasteiger partial charge in [0.15, 0.2) is 11.5 Å². The molecule has 0 atom stereocenters. The van der Waals surface area contributed by atoms with Crippen molar-refractivity contribution in [1.29, 1.82) is 0 Å². The van der Waals surface area contributed by atoms with Crippen molar-refractivity contribution < 1.29 is 19.1 Å². The smallest absolute Gasteiger partial charge is 0.253 e. The first-order chi connectivity index (χ1) is 16.3. The van der Waals surface area contributed by atoms with Gasteiger partial charge in [0.05, 0.1) is 13.7 Å². The summed E-state index contributed by atoms with van der Waals surface area (Å²) in [7, 11) is 1.55. The molecular weight excluding hydrogens is 564 g/mol. The SMILES string of the molecule is COc1cc(C(NC(=O)c2cccc(Br)c2)NC(=O)c2cccc(Br)c2)ccc1OCC(C)C. The number of rotatable bonds is 9. The van der Waals surface area contributed by atoms with Gasteiger partial charge in [0.1, 0.15) is 6.17 Å². The highest BCUT2D eigenvalue weighted by atomic mass is 79.9. The molecule has 3 rings (SSSR count). The highest BCUT2D eigenvalue weighted by molar-refractivity contribution is 9.10. The van der Waals surface area contributed by atoms with Gasteiger partial charge in [-0.1, -0.05) is 63.9 Å². The van der Waals surface area contributed by atoms with Crippen LogP contribution in [0.25, 0.3) is 0 Å². The third-order valence-corrected chi connectivity index (χ3v) is 5.80. The quantitative estimate of drug-likeness (QED) is 0.295. The number of ether oxygens (including phenoxy) is 2. The Kier molecular flexibility index (Phi) is 9.12. The third kappa shape index (κ3) is 7.08. The summed E-state index contributed by atoms with van der Waals surface area (Å²) >= 11 is 6.77. The standard InChI is InChI=1S/C26H26Br2N2O4/c1-16(2)15-34-22-11-10-17(14-23(22)33-3)24(29-25(31)18-6-4-8-20(27)12-18)30-26(32)19-7-5-9-21(28)13-19/h4-14,16,24H,15H2,1-3H3,(H,29,31)(H,30,32). The molecule has 0 aliphatic carbocycles. The Morgan fingerprint density at radius 3 is 1.85 bits per heavy atom. The van der Waals surface area contributed by atoms with E-state index in [1.54, 1.807) is 61.7 Å². The lowest BCUT2D eigenvalue weighted by Gasteiger charge is -2.22. The summed E-state index contributed by atoms with van der Waals surface area (Å²) in [5, 5.41) is 5.83. The molecule has 2 amide bonds. The van der Waals surface area contributed by atoms with Crippen LogP contribution < -0.4 is 20.1 Å². The second-order valence-corrected chi connectivity index (χ2v) is 9.85. The Morgan fingerprint density at radius 1 is 0.824 bits per heavy atom. The fourth-order valence-electron chi connectivity index (χ4n) is 3.13. The Balaban J connectivity index is 1.91. The fourth-order valence-corrected chi connectivity index (χ4v) is 3.93. The Hall–Kier alpha value is -2.84. The van der Waals surface area contributed by atoms with Crippen molar-refractivity contribution in [2.75, 3.05) is 13.7 Å². The van der Waals surface area contributed by atoms with Gasteiger partial charge < -0.3 is 20.1 Å². The largest absolute Gasteiger partial charge is 0.493 e. The van der Waals surface area contributed by atoms with Crippen LogP contribution >= 0.6 is 31.9 Å². The minimum atomic E-state index is -0.814. The number of halogens is 2. The molecule has 0 saturated heterocycles. The topological polar surface area (TPSA) is 76.7 Å². The molecule has 178 valence electrons. The monoisotopic (exact) mass is 588 g/mol. The van der Waals surface area contributed by atoms with Crippen LogP contribution in [-0.4, -0.2) is 25.5 Å². The second kappa shape index (κ2) is 12.0. The maximum atomic E-state index is 13.0. The molecule has 0 fully saturated rings. The first-order valence-electron chi connectivity index (χ1n) is 10.7. The van der Waals surface area contributed by atoms with Gasteiger partial charge in [0, 0.05) is 20.1 Å². The van der Waals surface area contributed by atoms with Gasteiger partial charge in [-0.25, -0.2) is 0 Å². The predicted octanol–water partition coefficient (Wildman–Crippen LogP) is 6.11. The van der Waals surface area contributed by atoms with E-state index in [4.69, 9.17) is 9.47 Å². The molecule has 6 nitrogen and oxygen atoms in total. The summed E-state index contributed by atoms with van der Waals surface area (Å²) in [6.45, 7) is 4.66. The van der Waals surface area contributed by atoms with Crippen molar-refractivity contribution in [3.63, 3.8) is 0 Å². The number of nitrogens with one attached hydrogen (secondary N) is 2. The zero-order valence-corrected chi connectivity index (χ0v) is 22.3. The van der Waals surface area contributed by atoms with Crippen molar-refractivity contribution >= 4 is 43.7 Å². The van der Waals surface area contributed by atoms with Gasteiger partial charge >= 0.3 is 0 Å². The Bertz CT molecular complexity index is 1110. The van der Waals surface area contributed by atoms with Gasteiger partial charge in [-0.05, 0) is 60.0 Å². The molecule has 0 unspecified atom stereocenters. The van der Waals surface area contributed by atoms with E-state index in [1.807, 2.05) is 12.1 Å². The van der Waals surface area contributed by atoms with Crippen molar-refractivity contribution in [1.82, 2.24) is 10.6 Å². The van der Waals surface area contributed by atoms with Gasteiger partial charge in [0.2, 0.25) is 0 Å². The van der Waals surface area contributed by atoms with Gasteiger partial charge in [-0.3, -0.25) is 9.59 Å². The number of benzene rings is 3. The highest BCUT2D eigenvalue weighted by Crippen LogP contribution is 2.30. The summed E-state index contributed by atoms with van der Waals surface area (Å²) in [6, 6.07) is 19.4. The molecule has 34 heavy (non-hydrogen) atoms. The summed E-state index contributed by atoms with van der Waals surface area (Å²) < 4.78 is 12.9. The van der Waals surface area contributed by atoms with Crippen LogP contribution in [0.4, 0.5) is 0 Å². The van der Waals surface area contributed by atoms with Crippen LogP contribution in [-0.2, 0) is 0 Å². The van der Waals surface area contributed by atoms with Crippen LogP contribution in [0, 0.1) is 5.92 Å². The Morgan fingerprint density at radius 2 is 1.38 bits per heavy atom. The number of hydrogen-bond donors (Lipinski definition) is 2. The van der Waals surface area contributed by atoms with E-state index in [0.29, 0.717) is 40.7 Å². The molecule has 0 spiro atoms. The van der Waals surface area contributed by atoms with Gasteiger partial charge in [-0.15, -0.1) is 0 Å². The lowest BCUT2D eigenvalue weighted by Crippen LogP contribution is -2.41. The van der Waals surface area contributed by atoms with E-state index in [-0.39, 0.29) is 11.8 Å². The van der Waals surface area contributed by atoms with Crippen molar-refractivity contribution in [2.24, 2.45) is 5.92 Å². The molecule has 0 aliphatic heterocycles. The van der Waals surface area contributed by atoms with Gasteiger partial charge in [-0.2, -0.15) is 0 Å². The molecule has 0 aliphatic rings. The first-order valence-corrected chi connectivity index (χ1v) is 12.3. The van der Waals surface area contributed by atoms with E-state index >= 15 is 0 Å². The highest BCUT2D eigenvalue weighted by Gasteiger charge is 2.21. The number of carbonyl (C=O) groups excluding carboxylic acids is 2. The van der Waals surface area contributed by atoms with Crippen LogP contribution in [0.3, 0.4) is 0 Å². The van der Waals surface area contributed by atoms with Crippen LogP contribution in [0.5, 0.6) is 11.5 Å². The minimum absolute atomic E-state index is 0.333. The lowest BCUT2D eigenvalue weighted by atomic mass is 10.1. The minimum Gasteiger partial charge on any atom is -0.493 e. The average molecular weight is 590 g/mol. The Labute approximate surface area is 216 Å². The normalized spacial score (nSPS) is 10.8. The molecule has 3 aromatic carbocycles. The molecule has 0 aromatic heterocycles. The third-order valence-electron chi connectivity index (χ3n) is 4.82. The number of methoxy groups -OCH3 is 1. The number of carbonyl (C=O) groups is 2. The molecule has 2 N–H and O–H groups in total. The number of amides is 2. The molecule has 3 aromatic rings. The van der Waals surface area contributed by atoms with E-state index < -0.39 is 6.17 Å².